The summed E-state index contributed by atoms with van der Waals surface area (Å²) in [7, 11) is 0. The van der Waals surface area contributed by atoms with E-state index < -0.39 is 0 Å². The Bertz CT molecular complexity index is 592. The third-order valence-electron chi connectivity index (χ3n) is 4.33. The SMILES string of the molecule is C=C1C(=O)C(Nc2ccc(C)cc2)=C1NC1CCCCC1. The smallest absolute Gasteiger partial charge is 0.212 e. The van der Waals surface area contributed by atoms with Gasteiger partial charge in [0.2, 0.25) is 5.78 Å². The summed E-state index contributed by atoms with van der Waals surface area (Å²) in [5.41, 5.74) is 4.33. The fourth-order valence-electron chi connectivity index (χ4n) is 2.98. The summed E-state index contributed by atoms with van der Waals surface area (Å²) in [4.78, 5) is 12.0. The summed E-state index contributed by atoms with van der Waals surface area (Å²) in [6.45, 7) is 5.94. The van der Waals surface area contributed by atoms with Crippen LogP contribution < -0.4 is 10.6 Å². The average molecular weight is 282 g/mol. The third kappa shape index (κ3) is 2.87. The Kier molecular flexibility index (Phi) is 3.82. The molecule has 0 unspecified atom stereocenters. The predicted octanol–water partition coefficient (Wildman–Crippen LogP) is 3.68. The number of ketones is 1. The molecule has 3 nitrogen and oxygen atoms in total. The second-order valence-corrected chi connectivity index (χ2v) is 6.03. The molecule has 0 bridgehead atoms. The highest BCUT2D eigenvalue weighted by molar-refractivity contribution is 6.20. The van der Waals surface area contributed by atoms with Crippen molar-refractivity contribution >= 4 is 11.5 Å². The maximum absolute atomic E-state index is 12.0. The van der Waals surface area contributed by atoms with Crippen molar-refractivity contribution in [3.05, 3.63) is 53.4 Å². The highest BCUT2D eigenvalue weighted by Crippen LogP contribution is 2.30. The van der Waals surface area contributed by atoms with E-state index in [2.05, 4.69) is 24.1 Å². The molecule has 0 saturated heterocycles. The summed E-state index contributed by atoms with van der Waals surface area (Å²) >= 11 is 0. The van der Waals surface area contributed by atoms with Crippen LogP contribution >= 0.6 is 0 Å². The number of carbonyl (C=O) groups excluding carboxylic acids is 1. The van der Waals surface area contributed by atoms with Crippen molar-refractivity contribution in [2.75, 3.05) is 5.32 Å². The van der Waals surface area contributed by atoms with Crippen molar-refractivity contribution < 1.29 is 4.79 Å². The molecule has 1 saturated carbocycles. The van der Waals surface area contributed by atoms with Crippen molar-refractivity contribution in [3.8, 4) is 0 Å². The zero-order valence-electron chi connectivity index (χ0n) is 12.5. The van der Waals surface area contributed by atoms with Crippen LogP contribution in [0, 0.1) is 6.92 Å². The Balaban J connectivity index is 1.75. The van der Waals surface area contributed by atoms with Gasteiger partial charge in [-0.15, -0.1) is 0 Å². The van der Waals surface area contributed by atoms with Crippen molar-refractivity contribution in [2.24, 2.45) is 0 Å². The number of hydrogen-bond acceptors (Lipinski definition) is 3. The molecule has 3 heteroatoms. The number of carbonyl (C=O) groups is 1. The van der Waals surface area contributed by atoms with Crippen LogP contribution in [0.2, 0.25) is 0 Å². The van der Waals surface area contributed by atoms with Gasteiger partial charge in [0, 0.05) is 17.3 Å². The molecule has 21 heavy (non-hydrogen) atoms. The van der Waals surface area contributed by atoms with Crippen LogP contribution in [0.3, 0.4) is 0 Å². The molecule has 3 rings (SSSR count). The van der Waals surface area contributed by atoms with Gasteiger partial charge in [0.15, 0.2) is 0 Å². The first-order valence-corrected chi connectivity index (χ1v) is 7.73. The van der Waals surface area contributed by atoms with Crippen LogP contribution in [0.1, 0.15) is 37.7 Å². The zero-order chi connectivity index (χ0) is 14.8. The Hall–Kier alpha value is -2.03. The molecule has 110 valence electrons. The number of aryl methyl sites for hydroxylation is 1. The largest absolute Gasteiger partial charge is 0.380 e. The maximum atomic E-state index is 12.0. The van der Waals surface area contributed by atoms with E-state index in [0.717, 1.165) is 11.4 Å². The molecule has 0 spiro atoms. The van der Waals surface area contributed by atoms with Gasteiger partial charge in [0.25, 0.3) is 0 Å². The molecule has 0 radical (unpaired) electrons. The summed E-state index contributed by atoms with van der Waals surface area (Å²) < 4.78 is 0. The highest BCUT2D eigenvalue weighted by Gasteiger charge is 2.33. The monoisotopic (exact) mass is 282 g/mol. The number of anilines is 1. The number of nitrogens with one attached hydrogen (secondary N) is 2. The standard InChI is InChI=1S/C18H22N2O/c1-12-8-10-15(11-9-12)20-17-16(13(2)18(17)21)19-14-6-4-3-5-7-14/h8-11,14,19-20H,2-7H2,1H3. The van der Waals surface area contributed by atoms with E-state index in [1.54, 1.807) is 0 Å². The molecule has 0 amide bonds. The number of Topliss-reactive ketones (excluding diaryl/α,β-unsaturated/α-hetero) is 1. The number of benzene rings is 1. The van der Waals surface area contributed by atoms with Crippen molar-refractivity contribution in [1.82, 2.24) is 5.32 Å². The lowest BCUT2D eigenvalue weighted by Gasteiger charge is -2.32. The topological polar surface area (TPSA) is 41.1 Å². The van der Waals surface area contributed by atoms with Crippen LogP contribution in [0.4, 0.5) is 5.69 Å². The second-order valence-electron chi connectivity index (χ2n) is 6.03. The van der Waals surface area contributed by atoms with Crippen molar-refractivity contribution in [2.45, 2.75) is 45.1 Å². The van der Waals surface area contributed by atoms with E-state index in [4.69, 9.17) is 0 Å². The van der Waals surface area contributed by atoms with Gasteiger partial charge in [-0.3, -0.25) is 4.79 Å². The van der Waals surface area contributed by atoms with Crippen LogP contribution in [0.25, 0.3) is 0 Å². The van der Waals surface area contributed by atoms with E-state index in [-0.39, 0.29) is 5.78 Å². The van der Waals surface area contributed by atoms with Gasteiger partial charge in [-0.1, -0.05) is 43.5 Å². The zero-order valence-corrected chi connectivity index (χ0v) is 12.5. The minimum atomic E-state index is 0.0221. The van der Waals surface area contributed by atoms with E-state index in [9.17, 15) is 4.79 Å². The van der Waals surface area contributed by atoms with Gasteiger partial charge < -0.3 is 10.6 Å². The second kappa shape index (κ2) is 5.76. The Morgan fingerprint density at radius 3 is 2.38 bits per heavy atom. The minimum absolute atomic E-state index is 0.0221. The van der Waals surface area contributed by atoms with E-state index in [0.29, 0.717) is 17.3 Å². The lowest BCUT2D eigenvalue weighted by molar-refractivity contribution is -0.113. The Morgan fingerprint density at radius 2 is 1.71 bits per heavy atom. The number of allylic oxidation sites excluding steroid dienone is 2. The molecule has 1 fully saturated rings. The van der Waals surface area contributed by atoms with Gasteiger partial charge in [-0.05, 0) is 31.9 Å². The lowest BCUT2D eigenvalue weighted by atomic mass is 9.89. The van der Waals surface area contributed by atoms with Crippen LogP contribution in [-0.4, -0.2) is 11.8 Å². The van der Waals surface area contributed by atoms with Crippen molar-refractivity contribution in [1.29, 1.82) is 0 Å². The molecule has 0 heterocycles. The molecule has 0 aliphatic heterocycles. The first kappa shape index (κ1) is 13.9. The molecule has 2 aliphatic carbocycles. The predicted molar refractivity (Wildman–Crippen MR) is 86.0 cm³/mol. The Labute approximate surface area is 126 Å². The first-order valence-electron chi connectivity index (χ1n) is 7.73. The molecule has 0 atom stereocenters. The van der Waals surface area contributed by atoms with Gasteiger partial charge >= 0.3 is 0 Å². The van der Waals surface area contributed by atoms with Gasteiger partial charge in [0.05, 0.1) is 5.70 Å². The molecule has 2 aliphatic rings. The van der Waals surface area contributed by atoms with E-state index in [1.807, 2.05) is 24.3 Å². The van der Waals surface area contributed by atoms with Crippen LogP contribution in [0.15, 0.2) is 47.8 Å². The van der Waals surface area contributed by atoms with Gasteiger partial charge in [-0.2, -0.15) is 0 Å². The van der Waals surface area contributed by atoms with Crippen molar-refractivity contribution in [3.63, 3.8) is 0 Å². The lowest BCUT2D eigenvalue weighted by Crippen LogP contribution is -2.40. The Morgan fingerprint density at radius 1 is 1.05 bits per heavy atom. The number of rotatable bonds is 4. The molecule has 0 aromatic heterocycles. The fraction of sp³-hybridized carbons (Fsp3) is 0.389. The summed E-state index contributed by atoms with van der Waals surface area (Å²) in [6.07, 6.45) is 6.23. The summed E-state index contributed by atoms with van der Waals surface area (Å²) in [5, 5.41) is 6.75. The van der Waals surface area contributed by atoms with Crippen LogP contribution in [-0.2, 0) is 4.79 Å². The number of hydrogen-bond donors (Lipinski definition) is 2. The summed E-state index contributed by atoms with van der Waals surface area (Å²) in [6, 6.07) is 8.54. The molecular formula is C18H22N2O. The minimum Gasteiger partial charge on any atom is -0.380 e. The fourth-order valence-corrected chi connectivity index (χ4v) is 2.98. The third-order valence-corrected chi connectivity index (χ3v) is 4.33. The van der Waals surface area contributed by atoms with Gasteiger partial charge in [0.1, 0.15) is 5.70 Å². The molecular weight excluding hydrogens is 260 g/mol. The summed E-state index contributed by atoms with van der Waals surface area (Å²) in [5.74, 6) is 0.0221. The molecule has 2 N–H and O–H groups in total. The highest BCUT2D eigenvalue weighted by atomic mass is 16.1. The molecule has 1 aromatic carbocycles. The average Bonchev–Trinajstić information content (AvgIpc) is 2.53. The van der Waals surface area contributed by atoms with E-state index in [1.165, 1.54) is 37.7 Å². The normalized spacial score (nSPS) is 19.5. The quantitative estimate of drug-likeness (QED) is 0.828. The van der Waals surface area contributed by atoms with Gasteiger partial charge in [-0.25, -0.2) is 0 Å². The van der Waals surface area contributed by atoms with E-state index >= 15 is 0 Å². The first-order chi connectivity index (χ1) is 10.1. The molecule has 1 aromatic rings. The maximum Gasteiger partial charge on any atom is 0.212 e. The van der Waals surface area contributed by atoms with Crippen LogP contribution in [0.5, 0.6) is 0 Å².